The molecule has 3 aromatic rings. The number of pyridine rings is 1. The third-order valence-electron chi connectivity index (χ3n) is 6.09. The van der Waals surface area contributed by atoms with Gasteiger partial charge in [0, 0.05) is 23.0 Å². The number of methoxy groups -OCH3 is 1. The van der Waals surface area contributed by atoms with Crippen LogP contribution in [0.2, 0.25) is 0 Å². The first-order chi connectivity index (χ1) is 15.5. The fourth-order valence-corrected chi connectivity index (χ4v) is 5.00. The molecule has 1 heterocycles. The van der Waals surface area contributed by atoms with Crippen LogP contribution in [0.1, 0.15) is 55.7 Å². The molecule has 0 saturated heterocycles. The van der Waals surface area contributed by atoms with Crippen LogP contribution in [-0.4, -0.2) is 26.8 Å². The van der Waals surface area contributed by atoms with Gasteiger partial charge < -0.3 is 9.72 Å². The van der Waals surface area contributed by atoms with Gasteiger partial charge >= 0.3 is 0 Å². The lowest BCUT2D eigenvalue weighted by Gasteiger charge is -2.25. The molecule has 1 fully saturated rings. The highest BCUT2D eigenvalue weighted by Gasteiger charge is 2.42. The van der Waals surface area contributed by atoms with Gasteiger partial charge in [-0.2, -0.15) is 0 Å². The van der Waals surface area contributed by atoms with Crippen molar-refractivity contribution in [2.24, 2.45) is 0 Å². The van der Waals surface area contributed by atoms with Crippen LogP contribution in [-0.2, 0) is 15.4 Å². The van der Waals surface area contributed by atoms with Crippen LogP contribution in [0.25, 0.3) is 11.1 Å². The van der Waals surface area contributed by atoms with Crippen LogP contribution in [0.15, 0.2) is 59.5 Å². The molecule has 1 aliphatic rings. The van der Waals surface area contributed by atoms with E-state index in [0.717, 1.165) is 40.7 Å². The Morgan fingerprint density at radius 2 is 1.76 bits per heavy atom. The van der Waals surface area contributed by atoms with E-state index in [1.807, 2.05) is 24.3 Å². The Hall–Kier alpha value is -3.06. The quantitative estimate of drug-likeness (QED) is 0.536. The summed E-state index contributed by atoms with van der Waals surface area (Å²) in [5.41, 5.74) is 5.12. The second kappa shape index (κ2) is 8.37. The van der Waals surface area contributed by atoms with E-state index in [9.17, 15) is 13.2 Å². The molecular weight excluding hydrogens is 436 g/mol. The number of hydrogen-bond acceptors (Lipinski definition) is 4. The molecule has 0 unspecified atom stereocenters. The maximum Gasteiger partial charge on any atom is 0.255 e. The number of rotatable bonds is 6. The monoisotopic (exact) mass is 466 g/mol. The molecule has 1 saturated carbocycles. The molecule has 174 valence electrons. The summed E-state index contributed by atoms with van der Waals surface area (Å²) in [5.74, 6) is 1.45. The predicted octanol–water partition coefficient (Wildman–Crippen LogP) is 4.99. The SMILES string of the molecule is COc1c([C@H]2C[C@H]2c2ccc(NS(C)(=O)=O)cc2)cc(-c2ccc[nH]c2=O)cc1C(C)(C)C. The molecule has 4 rings (SSSR count). The molecule has 0 bridgehead atoms. The van der Waals surface area contributed by atoms with E-state index in [4.69, 9.17) is 4.74 Å². The van der Waals surface area contributed by atoms with Gasteiger partial charge in [-0.05, 0) is 76.8 Å². The van der Waals surface area contributed by atoms with Gasteiger partial charge in [0.05, 0.1) is 13.4 Å². The molecule has 2 N–H and O–H groups in total. The molecule has 0 amide bonds. The van der Waals surface area contributed by atoms with Gasteiger partial charge in [0.1, 0.15) is 5.75 Å². The van der Waals surface area contributed by atoms with Crippen molar-refractivity contribution in [3.05, 3.63) is 81.8 Å². The summed E-state index contributed by atoms with van der Waals surface area (Å²) in [4.78, 5) is 15.3. The van der Waals surface area contributed by atoms with Crippen LogP contribution in [0.3, 0.4) is 0 Å². The summed E-state index contributed by atoms with van der Waals surface area (Å²) in [6, 6.07) is 15.4. The minimum atomic E-state index is -3.31. The van der Waals surface area contributed by atoms with Gasteiger partial charge in [-0.3, -0.25) is 9.52 Å². The van der Waals surface area contributed by atoms with Crippen molar-refractivity contribution < 1.29 is 13.2 Å². The van der Waals surface area contributed by atoms with Crippen molar-refractivity contribution in [2.75, 3.05) is 18.1 Å². The Balaban J connectivity index is 1.74. The van der Waals surface area contributed by atoms with Crippen molar-refractivity contribution in [3.8, 4) is 16.9 Å². The first-order valence-corrected chi connectivity index (χ1v) is 12.9. The highest BCUT2D eigenvalue weighted by Crippen LogP contribution is 2.58. The van der Waals surface area contributed by atoms with Gasteiger partial charge in [0.2, 0.25) is 10.0 Å². The number of aromatic amines is 1. The zero-order valence-corrected chi connectivity index (χ0v) is 20.4. The highest BCUT2D eigenvalue weighted by molar-refractivity contribution is 7.92. The molecule has 33 heavy (non-hydrogen) atoms. The lowest BCUT2D eigenvalue weighted by molar-refractivity contribution is 0.392. The van der Waals surface area contributed by atoms with E-state index in [0.29, 0.717) is 17.2 Å². The third-order valence-corrected chi connectivity index (χ3v) is 6.70. The number of hydrogen-bond donors (Lipinski definition) is 2. The van der Waals surface area contributed by atoms with Gasteiger partial charge in [-0.15, -0.1) is 0 Å². The van der Waals surface area contributed by atoms with Crippen molar-refractivity contribution in [3.63, 3.8) is 0 Å². The molecule has 0 spiro atoms. The number of anilines is 1. The number of H-pyrrole nitrogens is 1. The number of benzene rings is 2. The number of aromatic nitrogens is 1. The van der Waals surface area contributed by atoms with E-state index in [1.165, 1.54) is 0 Å². The first-order valence-electron chi connectivity index (χ1n) is 11.0. The van der Waals surface area contributed by atoms with Gasteiger partial charge in [0.25, 0.3) is 5.56 Å². The molecule has 1 aliphatic carbocycles. The van der Waals surface area contributed by atoms with Crippen LogP contribution in [0.4, 0.5) is 5.69 Å². The predicted molar refractivity (Wildman–Crippen MR) is 133 cm³/mol. The molecule has 2 atom stereocenters. The van der Waals surface area contributed by atoms with Crippen molar-refractivity contribution in [1.29, 1.82) is 0 Å². The number of sulfonamides is 1. The summed E-state index contributed by atoms with van der Waals surface area (Å²) >= 11 is 0. The van der Waals surface area contributed by atoms with Gasteiger partial charge in [-0.1, -0.05) is 32.9 Å². The second-order valence-corrected chi connectivity index (χ2v) is 11.5. The van der Waals surface area contributed by atoms with E-state index < -0.39 is 10.0 Å². The average molecular weight is 467 g/mol. The Labute approximate surface area is 195 Å². The summed E-state index contributed by atoms with van der Waals surface area (Å²) in [7, 11) is -1.60. The average Bonchev–Trinajstić information content (AvgIpc) is 3.52. The second-order valence-electron chi connectivity index (χ2n) is 9.75. The van der Waals surface area contributed by atoms with Crippen LogP contribution < -0.4 is 15.0 Å². The summed E-state index contributed by atoms with van der Waals surface area (Å²) in [5, 5.41) is 0. The maximum absolute atomic E-state index is 12.5. The molecule has 1 aromatic heterocycles. The van der Waals surface area contributed by atoms with Crippen LogP contribution in [0, 0.1) is 0 Å². The smallest absolute Gasteiger partial charge is 0.255 e. The van der Waals surface area contributed by atoms with E-state index in [2.05, 4.69) is 42.6 Å². The fourth-order valence-electron chi connectivity index (χ4n) is 4.44. The summed E-state index contributed by atoms with van der Waals surface area (Å²) in [6.07, 6.45) is 3.75. The summed E-state index contributed by atoms with van der Waals surface area (Å²) < 4.78 is 31.4. The topological polar surface area (TPSA) is 88.3 Å². The molecule has 6 nitrogen and oxygen atoms in total. The lowest BCUT2D eigenvalue weighted by Crippen LogP contribution is -2.15. The number of ether oxygens (including phenoxy) is 1. The highest BCUT2D eigenvalue weighted by atomic mass is 32.2. The Morgan fingerprint density at radius 1 is 1.06 bits per heavy atom. The minimum absolute atomic E-state index is 0.116. The standard InChI is InChI=1S/C26H30N2O4S/c1-26(2,3)23-14-17(19-7-6-12-27-25(19)29)13-22(24(23)32-4)21-15-20(21)16-8-10-18(11-9-16)28-33(5,30)31/h6-14,20-21,28H,15H2,1-5H3,(H,27,29)/t20-,21-/m0/s1. The first kappa shape index (κ1) is 23.1. The van der Waals surface area contributed by atoms with Gasteiger partial charge in [0.15, 0.2) is 0 Å². The Morgan fingerprint density at radius 3 is 2.33 bits per heavy atom. The van der Waals surface area contributed by atoms with E-state index >= 15 is 0 Å². The molecular formula is C26H30N2O4S. The zero-order chi connectivity index (χ0) is 24.0. The van der Waals surface area contributed by atoms with E-state index in [-0.39, 0.29) is 16.9 Å². The molecule has 2 aromatic carbocycles. The number of nitrogens with one attached hydrogen (secondary N) is 2. The fraction of sp³-hybridized carbons (Fsp3) is 0.346. The lowest BCUT2D eigenvalue weighted by atomic mass is 9.82. The minimum Gasteiger partial charge on any atom is -0.496 e. The van der Waals surface area contributed by atoms with Crippen molar-refractivity contribution >= 4 is 15.7 Å². The Kier molecular flexibility index (Phi) is 5.86. The molecule has 0 radical (unpaired) electrons. The zero-order valence-electron chi connectivity index (χ0n) is 19.6. The van der Waals surface area contributed by atoms with Crippen molar-refractivity contribution in [2.45, 2.75) is 44.4 Å². The van der Waals surface area contributed by atoms with Gasteiger partial charge in [-0.25, -0.2) is 8.42 Å². The molecule has 7 heteroatoms. The Bertz CT molecular complexity index is 1340. The van der Waals surface area contributed by atoms with Crippen LogP contribution >= 0.6 is 0 Å². The van der Waals surface area contributed by atoms with E-state index in [1.54, 1.807) is 25.4 Å². The normalized spacial score (nSPS) is 18.1. The van der Waals surface area contributed by atoms with Crippen molar-refractivity contribution in [1.82, 2.24) is 4.98 Å². The largest absolute Gasteiger partial charge is 0.496 e. The maximum atomic E-state index is 12.5. The third kappa shape index (κ3) is 4.98. The van der Waals surface area contributed by atoms with Crippen LogP contribution in [0.5, 0.6) is 5.75 Å². The summed E-state index contributed by atoms with van der Waals surface area (Å²) in [6.45, 7) is 6.43. The molecule has 0 aliphatic heterocycles.